The molecule has 0 bridgehead atoms. The highest BCUT2D eigenvalue weighted by Crippen LogP contribution is 2.31. The summed E-state index contributed by atoms with van der Waals surface area (Å²) >= 11 is 0. The van der Waals surface area contributed by atoms with Crippen LogP contribution in [-0.4, -0.2) is 23.6 Å². The van der Waals surface area contributed by atoms with Crippen LogP contribution in [0.15, 0.2) is 42.5 Å². The zero-order chi connectivity index (χ0) is 13.9. The molecule has 3 rings (SSSR count). The fourth-order valence-corrected chi connectivity index (χ4v) is 2.36. The molecule has 22 heavy (non-hydrogen) atoms. The molecule has 0 spiro atoms. The van der Waals surface area contributed by atoms with E-state index in [0.717, 1.165) is 40.2 Å². The Labute approximate surface area is 141 Å². The predicted molar refractivity (Wildman–Crippen MR) is 95.3 cm³/mol. The third-order valence-corrected chi connectivity index (χ3v) is 3.33. The molecule has 1 heterocycles. The molecule has 0 aliphatic carbocycles. The summed E-state index contributed by atoms with van der Waals surface area (Å²) in [6.07, 6.45) is 0.763. The number of H-pyrrole nitrogens is 1. The van der Waals surface area contributed by atoms with E-state index in [2.05, 4.69) is 22.1 Å². The van der Waals surface area contributed by atoms with Crippen LogP contribution in [0.5, 0.6) is 5.75 Å². The van der Waals surface area contributed by atoms with E-state index in [1.54, 1.807) is 7.11 Å². The molecule has 3 aromatic rings. The molecule has 0 saturated carbocycles. The quantitative estimate of drug-likeness (QED) is 0.763. The lowest BCUT2D eigenvalue weighted by Gasteiger charge is -2.07. The maximum absolute atomic E-state index is 5.56. The Morgan fingerprint density at radius 3 is 2.64 bits per heavy atom. The molecule has 3 N–H and O–H groups in total. The van der Waals surface area contributed by atoms with Gasteiger partial charge in [-0.2, -0.15) is 0 Å². The predicted octanol–water partition coefficient (Wildman–Crippen LogP) is 3.58. The summed E-state index contributed by atoms with van der Waals surface area (Å²) in [6, 6.07) is 14.2. The van der Waals surface area contributed by atoms with Crippen LogP contribution in [-0.2, 0) is 6.42 Å². The van der Waals surface area contributed by atoms with Gasteiger partial charge in [0.25, 0.3) is 0 Å². The van der Waals surface area contributed by atoms with Gasteiger partial charge in [-0.15, -0.1) is 24.8 Å². The summed E-state index contributed by atoms with van der Waals surface area (Å²) in [4.78, 5) is 7.85. The van der Waals surface area contributed by atoms with E-state index in [-0.39, 0.29) is 24.8 Å². The number of ether oxygens (including phenoxy) is 1. The number of benzene rings is 2. The maximum atomic E-state index is 5.56. The lowest BCUT2D eigenvalue weighted by Crippen LogP contribution is -2.03. The molecular formula is C16H19Cl2N3O. The number of para-hydroxylation sites is 1. The first-order valence-electron chi connectivity index (χ1n) is 6.64. The van der Waals surface area contributed by atoms with E-state index in [1.165, 1.54) is 0 Å². The van der Waals surface area contributed by atoms with Crippen molar-refractivity contribution in [1.29, 1.82) is 0 Å². The lowest BCUT2D eigenvalue weighted by atomic mass is 10.0. The molecule has 0 atom stereocenters. The zero-order valence-electron chi connectivity index (χ0n) is 12.2. The van der Waals surface area contributed by atoms with Gasteiger partial charge in [0, 0.05) is 12.0 Å². The minimum Gasteiger partial charge on any atom is -0.496 e. The smallest absolute Gasteiger partial charge is 0.126 e. The number of halogens is 2. The number of nitrogens with two attached hydrogens (primary N) is 1. The van der Waals surface area contributed by atoms with E-state index < -0.39 is 0 Å². The molecule has 0 unspecified atom stereocenters. The van der Waals surface area contributed by atoms with Gasteiger partial charge >= 0.3 is 0 Å². The second-order valence-corrected chi connectivity index (χ2v) is 4.65. The normalized spacial score (nSPS) is 9.91. The number of aromatic amines is 1. The van der Waals surface area contributed by atoms with Crippen LogP contribution in [0, 0.1) is 0 Å². The summed E-state index contributed by atoms with van der Waals surface area (Å²) in [6.45, 7) is 0.596. The summed E-state index contributed by atoms with van der Waals surface area (Å²) < 4.78 is 5.41. The second kappa shape index (κ2) is 8.03. The number of hydrogen-bond donors (Lipinski definition) is 2. The van der Waals surface area contributed by atoms with Gasteiger partial charge in [0.15, 0.2) is 0 Å². The van der Waals surface area contributed by atoms with E-state index in [9.17, 15) is 0 Å². The van der Waals surface area contributed by atoms with Gasteiger partial charge in [0.05, 0.1) is 18.1 Å². The van der Waals surface area contributed by atoms with E-state index in [4.69, 9.17) is 10.5 Å². The molecular weight excluding hydrogens is 321 g/mol. The van der Waals surface area contributed by atoms with Gasteiger partial charge in [0.2, 0.25) is 0 Å². The third-order valence-electron chi connectivity index (χ3n) is 3.33. The first kappa shape index (κ1) is 18.3. The molecule has 0 saturated heterocycles. The summed E-state index contributed by atoms with van der Waals surface area (Å²) in [5, 5.41) is 0. The van der Waals surface area contributed by atoms with E-state index in [0.29, 0.717) is 6.54 Å². The molecule has 0 radical (unpaired) electrons. The minimum absolute atomic E-state index is 0. The molecule has 1 aromatic heterocycles. The van der Waals surface area contributed by atoms with Gasteiger partial charge in [0.1, 0.15) is 11.6 Å². The highest BCUT2D eigenvalue weighted by molar-refractivity contribution is 5.86. The number of aromatic nitrogens is 2. The number of imidazole rings is 1. The first-order chi connectivity index (χ1) is 9.81. The summed E-state index contributed by atoms with van der Waals surface area (Å²) in [5.74, 6) is 1.80. The van der Waals surface area contributed by atoms with Gasteiger partial charge in [-0.3, -0.25) is 0 Å². The molecule has 4 nitrogen and oxygen atoms in total. The number of methoxy groups -OCH3 is 1. The molecule has 0 aliphatic heterocycles. The largest absolute Gasteiger partial charge is 0.496 e. The number of nitrogens with one attached hydrogen (secondary N) is 1. The number of hydrogen-bond acceptors (Lipinski definition) is 3. The summed E-state index contributed by atoms with van der Waals surface area (Å²) in [5.41, 5.74) is 9.72. The van der Waals surface area contributed by atoms with Crippen LogP contribution in [0.2, 0.25) is 0 Å². The lowest BCUT2D eigenvalue weighted by molar-refractivity contribution is 0.416. The SMILES string of the molecule is COc1ccccc1-c1ccc2[nH]c(CCN)nc2c1.Cl.Cl. The van der Waals surface area contributed by atoms with Crippen molar-refractivity contribution < 1.29 is 4.74 Å². The maximum Gasteiger partial charge on any atom is 0.126 e. The molecule has 118 valence electrons. The van der Waals surface area contributed by atoms with Crippen LogP contribution >= 0.6 is 24.8 Å². The van der Waals surface area contributed by atoms with Gasteiger partial charge < -0.3 is 15.5 Å². The van der Waals surface area contributed by atoms with Crippen molar-refractivity contribution in [1.82, 2.24) is 9.97 Å². The third kappa shape index (κ3) is 3.53. The Hall–Kier alpha value is -1.75. The molecule has 0 aliphatic rings. The Morgan fingerprint density at radius 2 is 1.91 bits per heavy atom. The number of nitrogens with zero attached hydrogens (tertiary/aromatic N) is 1. The summed E-state index contributed by atoms with van der Waals surface area (Å²) in [7, 11) is 1.69. The van der Waals surface area contributed by atoms with Crippen LogP contribution in [0.25, 0.3) is 22.2 Å². The topological polar surface area (TPSA) is 63.9 Å². The van der Waals surface area contributed by atoms with Crippen molar-refractivity contribution in [2.75, 3.05) is 13.7 Å². The van der Waals surface area contributed by atoms with Gasteiger partial charge in [-0.25, -0.2) is 4.98 Å². The minimum atomic E-state index is 0. The average molecular weight is 340 g/mol. The van der Waals surface area contributed by atoms with Crippen molar-refractivity contribution in [2.45, 2.75) is 6.42 Å². The van der Waals surface area contributed by atoms with Crippen LogP contribution in [0.1, 0.15) is 5.82 Å². The van der Waals surface area contributed by atoms with Crippen molar-refractivity contribution >= 4 is 35.8 Å². The fraction of sp³-hybridized carbons (Fsp3) is 0.188. The molecule has 6 heteroatoms. The van der Waals surface area contributed by atoms with E-state index >= 15 is 0 Å². The van der Waals surface area contributed by atoms with Crippen LogP contribution in [0.3, 0.4) is 0 Å². The van der Waals surface area contributed by atoms with E-state index in [1.807, 2.05) is 30.3 Å². The zero-order valence-corrected chi connectivity index (χ0v) is 13.8. The number of fused-ring (bicyclic) bond motifs is 1. The van der Waals surface area contributed by atoms with Crippen molar-refractivity contribution in [2.24, 2.45) is 5.73 Å². The van der Waals surface area contributed by atoms with Crippen molar-refractivity contribution in [3.8, 4) is 16.9 Å². The van der Waals surface area contributed by atoms with Gasteiger partial charge in [-0.05, 0) is 30.3 Å². The average Bonchev–Trinajstić information content (AvgIpc) is 2.89. The van der Waals surface area contributed by atoms with Crippen molar-refractivity contribution in [3.63, 3.8) is 0 Å². The molecule has 0 fully saturated rings. The standard InChI is InChI=1S/C16H17N3O.2ClH/c1-20-15-5-3-2-4-12(15)11-6-7-13-14(10-11)19-16(18-13)8-9-17;;/h2-7,10H,8-9,17H2,1H3,(H,18,19);2*1H. The second-order valence-electron chi connectivity index (χ2n) is 4.65. The van der Waals surface area contributed by atoms with Crippen LogP contribution < -0.4 is 10.5 Å². The molecule has 0 amide bonds. The Balaban J connectivity index is 0.00000121. The Morgan fingerprint density at radius 1 is 1.14 bits per heavy atom. The van der Waals surface area contributed by atoms with Crippen LogP contribution in [0.4, 0.5) is 0 Å². The Kier molecular flexibility index (Phi) is 6.68. The molecule has 2 aromatic carbocycles. The van der Waals surface area contributed by atoms with Crippen molar-refractivity contribution in [3.05, 3.63) is 48.3 Å². The Bertz CT molecular complexity index is 743. The fourth-order valence-electron chi connectivity index (χ4n) is 2.36. The highest BCUT2D eigenvalue weighted by Gasteiger charge is 2.08. The first-order valence-corrected chi connectivity index (χ1v) is 6.64. The number of rotatable bonds is 4. The highest BCUT2D eigenvalue weighted by atomic mass is 35.5. The monoisotopic (exact) mass is 339 g/mol. The van der Waals surface area contributed by atoms with Gasteiger partial charge in [-0.1, -0.05) is 24.3 Å².